The lowest BCUT2D eigenvalue weighted by molar-refractivity contribution is -0.0599. The number of likely N-dealkylation sites (N-methyl/N-ethyl adjacent to an activating group) is 1. The molecule has 2 nitrogen and oxygen atoms in total. The van der Waals surface area contributed by atoms with Crippen molar-refractivity contribution < 1.29 is 4.74 Å². The van der Waals surface area contributed by atoms with Gasteiger partial charge in [-0.1, -0.05) is 23.7 Å². The lowest BCUT2D eigenvalue weighted by Gasteiger charge is -2.28. The highest BCUT2D eigenvalue weighted by Gasteiger charge is 2.19. The van der Waals surface area contributed by atoms with Crippen LogP contribution in [0.1, 0.15) is 32.4 Å². The average molecular weight is 242 g/mol. The van der Waals surface area contributed by atoms with Crippen LogP contribution in [0.25, 0.3) is 0 Å². The van der Waals surface area contributed by atoms with Crippen LogP contribution in [0.2, 0.25) is 5.02 Å². The van der Waals surface area contributed by atoms with E-state index in [-0.39, 0.29) is 11.7 Å². The maximum atomic E-state index is 6.00. The summed E-state index contributed by atoms with van der Waals surface area (Å²) in [7, 11) is 1.92. The zero-order valence-corrected chi connectivity index (χ0v) is 11.1. The summed E-state index contributed by atoms with van der Waals surface area (Å²) < 4.78 is 6.00. The Morgan fingerprint density at radius 3 is 2.56 bits per heavy atom. The zero-order chi connectivity index (χ0) is 12.2. The first-order valence-electron chi connectivity index (χ1n) is 5.50. The van der Waals surface area contributed by atoms with Crippen molar-refractivity contribution in [3.8, 4) is 0 Å². The number of halogens is 1. The quantitative estimate of drug-likeness (QED) is 0.872. The van der Waals surface area contributed by atoms with Crippen molar-refractivity contribution >= 4 is 11.6 Å². The van der Waals surface area contributed by atoms with Crippen LogP contribution in [0.4, 0.5) is 0 Å². The molecule has 1 aromatic carbocycles. The van der Waals surface area contributed by atoms with Gasteiger partial charge < -0.3 is 10.1 Å². The highest BCUT2D eigenvalue weighted by molar-refractivity contribution is 6.30. The Morgan fingerprint density at radius 1 is 1.38 bits per heavy atom. The monoisotopic (exact) mass is 241 g/mol. The largest absolute Gasteiger partial charge is 0.367 e. The second-order valence-corrected chi connectivity index (χ2v) is 5.27. The van der Waals surface area contributed by atoms with E-state index in [1.807, 2.05) is 31.3 Å². The summed E-state index contributed by atoms with van der Waals surface area (Å²) in [5, 5.41) is 3.89. The third-order valence-electron chi connectivity index (χ3n) is 2.11. The van der Waals surface area contributed by atoms with Gasteiger partial charge >= 0.3 is 0 Å². The first-order valence-corrected chi connectivity index (χ1v) is 5.88. The SMILES string of the molecule is CNCC(OC(C)(C)C)c1cccc(Cl)c1. The first-order chi connectivity index (χ1) is 7.42. The molecule has 0 saturated heterocycles. The van der Waals surface area contributed by atoms with Gasteiger partial charge in [0, 0.05) is 11.6 Å². The second kappa shape index (κ2) is 5.67. The third kappa shape index (κ3) is 4.52. The molecule has 0 aromatic heterocycles. The predicted molar refractivity (Wildman–Crippen MR) is 69.0 cm³/mol. The van der Waals surface area contributed by atoms with Crippen LogP contribution in [-0.4, -0.2) is 19.2 Å². The summed E-state index contributed by atoms with van der Waals surface area (Å²) in [6.07, 6.45) is 0.0312. The summed E-state index contributed by atoms with van der Waals surface area (Å²) in [4.78, 5) is 0. The van der Waals surface area contributed by atoms with Crippen LogP contribution in [0, 0.1) is 0 Å². The Bertz CT molecular complexity index is 333. The minimum Gasteiger partial charge on any atom is -0.367 e. The number of nitrogens with one attached hydrogen (secondary N) is 1. The molecule has 0 saturated carbocycles. The van der Waals surface area contributed by atoms with Gasteiger partial charge in [0.05, 0.1) is 11.7 Å². The Balaban J connectivity index is 2.85. The molecule has 0 amide bonds. The molecule has 0 fully saturated rings. The van der Waals surface area contributed by atoms with E-state index >= 15 is 0 Å². The van der Waals surface area contributed by atoms with Crippen molar-refractivity contribution in [1.29, 1.82) is 0 Å². The molecule has 1 rings (SSSR count). The number of hydrogen-bond acceptors (Lipinski definition) is 2. The van der Waals surface area contributed by atoms with E-state index in [1.54, 1.807) is 0 Å². The van der Waals surface area contributed by atoms with Crippen LogP contribution in [0.5, 0.6) is 0 Å². The Labute approximate surface area is 103 Å². The molecule has 16 heavy (non-hydrogen) atoms. The molecule has 0 aliphatic heterocycles. The minimum atomic E-state index is -0.163. The van der Waals surface area contributed by atoms with Crippen molar-refractivity contribution in [2.75, 3.05) is 13.6 Å². The lowest BCUT2D eigenvalue weighted by Crippen LogP contribution is -2.28. The molecular weight excluding hydrogens is 222 g/mol. The van der Waals surface area contributed by atoms with Gasteiger partial charge in [0.25, 0.3) is 0 Å². The van der Waals surface area contributed by atoms with E-state index in [2.05, 4.69) is 26.1 Å². The van der Waals surface area contributed by atoms with Gasteiger partial charge in [-0.15, -0.1) is 0 Å². The maximum absolute atomic E-state index is 6.00. The standard InChI is InChI=1S/C13H20ClNO/c1-13(2,3)16-12(9-15-4)10-6-5-7-11(14)8-10/h5-8,12,15H,9H2,1-4H3. The molecule has 1 atom stereocenters. The fourth-order valence-corrected chi connectivity index (χ4v) is 1.75. The van der Waals surface area contributed by atoms with Crippen LogP contribution in [0.3, 0.4) is 0 Å². The Kier molecular flexibility index (Phi) is 4.78. The molecule has 0 spiro atoms. The number of rotatable bonds is 4. The third-order valence-corrected chi connectivity index (χ3v) is 2.34. The topological polar surface area (TPSA) is 21.3 Å². The predicted octanol–water partition coefficient (Wildman–Crippen LogP) is 3.42. The molecule has 1 unspecified atom stereocenters. The molecule has 0 radical (unpaired) electrons. The van der Waals surface area contributed by atoms with Crippen LogP contribution >= 0.6 is 11.6 Å². The van der Waals surface area contributed by atoms with Gasteiger partial charge in [-0.2, -0.15) is 0 Å². The van der Waals surface area contributed by atoms with Gasteiger partial charge in [-0.25, -0.2) is 0 Å². The molecule has 0 heterocycles. The fraction of sp³-hybridized carbons (Fsp3) is 0.538. The van der Waals surface area contributed by atoms with Gasteiger partial charge in [0.1, 0.15) is 0 Å². The van der Waals surface area contributed by atoms with E-state index in [9.17, 15) is 0 Å². The smallest absolute Gasteiger partial charge is 0.0956 e. The van der Waals surface area contributed by atoms with Crippen molar-refractivity contribution in [3.63, 3.8) is 0 Å². The second-order valence-electron chi connectivity index (χ2n) is 4.83. The highest BCUT2D eigenvalue weighted by atomic mass is 35.5. The Morgan fingerprint density at radius 2 is 2.06 bits per heavy atom. The van der Waals surface area contributed by atoms with E-state index < -0.39 is 0 Å². The van der Waals surface area contributed by atoms with E-state index in [1.165, 1.54) is 0 Å². The average Bonchev–Trinajstić information content (AvgIpc) is 2.15. The van der Waals surface area contributed by atoms with E-state index in [0.29, 0.717) is 0 Å². The summed E-state index contributed by atoms with van der Waals surface area (Å²) in [5.74, 6) is 0. The van der Waals surface area contributed by atoms with E-state index in [4.69, 9.17) is 16.3 Å². The summed E-state index contributed by atoms with van der Waals surface area (Å²) in [6, 6.07) is 7.82. The van der Waals surface area contributed by atoms with Crippen molar-refractivity contribution in [3.05, 3.63) is 34.9 Å². The van der Waals surface area contributed by atoms with Gasteiger partial charge in [0.2, 0.25) is 0 Å². The zero-order valence-electron chi connectivity index (χ0n) is 10.4. The maximum Gasteiger partial charge on any atom is 0.0956 e. The van der Waals surface area contributed by atoms with Gasteiger partial charge in [0.15, 0.2) is 0 Å². The number of benzene rings is 1. The normalized spacial score (nSPS) is 13.8. The van der Waals surface area contributed by atoms with Gasteiger partial charge in [-0.05, 0) is 45.5 Å². The van der Waals surface area contributed by atoms with Crippen LogP contribution < -0.4 is 5.32 Å². The highest BCUT2D eigenvalue weighted by Crippen LogP contribution is 2.25. The fourth-order valence-electron chi connectivity index (χ4n) is 1.55. The molecular formula is C13H20ClNO. The molecule has 0 aliphatic carbocycles. The first kappa shape index (κ1) is 13.5. The van der Waals surface area contributed by atoms with Crippen molar-refractivity contribution in [2.24, 2.45) is 0 Å². The molecule has 1 N–H and O–H groups in total. The Hall–Kier alpha value is -0.570. The van der Waals surface area contributed by atoms with E-state index in [0.717, 1.165) is 17.1 Å². The lowest BCUT2D eigenvalue weighted by atomic mass is 10.1. The summed E-state index contributed by atoms with van der Waals surface area (Å²) in [5.41, 5.74) is 0.945. The molecule has 90 valence electrons. The molecule has 3 heteroatoms. The number of ether oxygens (including phenoxy) is 1. The van der Waals surface area contributed by atoms with Gasteiger partial charge in [-0.3, -0.25) is 0 Å². The van der Waals surface area contributed by atoms with Crippen molar-refractivity contribution in [2.45, 2.75) is 32.5 Å². The number of hydrogen-bond donors (Lipinski definition) is 1. The van der Waals surface area contributed by atoms with Crippen LogP contribution in [0.15, 0.2) is 24.3 Å². The minimum absolute atomic E-state index is 0.0312. The summed E-state index contributed by atoms with van der Waals surface area (Å²) in [6.45, 7) is 6.94. The summed E-state index contributed by atoms with van der Waals surface area (Å²) >= 11 is 5.98. The molecule has 0 aliphatic rings. The van der Waals surface area contributed by atoms with Crippen molar-refractivity contribution in [1.82, 2.24) is 5.32 Å². The van der Waals surface area contributed by atoms with Crippen LogP contribution in [-0.2, 0) is 4.74 Å². The molecule has 1 aromatic rings. The molecule has 0 bridgehead atoms.